The van der Waals surface area contributed by atoms with Crippen LogP contribution in [0.3, 0.4) is 0 Å². The lowest BCUT2D eigenvalue weighted by atomic mass is 10.1. The van der Waals surface area contributed by atoms with Crippen molar-refractivity contribution >= 4 is 17.8 Å². The molecule has 1 atom stereocenters. The predicted octanol–water partition coefficient (Wildman–Crippen LogP) is 2.36. The van der Waals surface area contributed by atoms with Crippen molar-refractivity contribution in [2.75, 3.05) is 25.4 Å². The Labute approximate surface area is 131 Å². The van der Waals surface area contributed by atoms with Crippen molar-refractivity contribution in [3.05, 3.63) is 18.0 Å². The Kier molecular flexibility index (Phi) is 5.96. The molecule has 0 unspecified atom stereocenters. The van der Waals surface area contributed by atoms with Gasteiger partial charge in [-0.05, 0) is 24.8 Å². The van der Waals surface area contributed by atoms with Gasteiger partial charge in [0.25, 0.3) is 0 Å². The Morgan fingerprint density at radius 3 is 3.05 bits per heavy atom. The Balaban J connectivity index is 1.67. The molecule has 0 aromatic carbocycles. The first-order valence-electron chi connectivity index (χ1n) is 7.69. The second-order valence-electron chi connectivity index (χ2n) is 5.97. The third-order valence-electron chi connectivity index (χ3n) is 3.73. The molecular weight excluding hydrogens is 284 g/mol. The summed E-state index contributed by atoms with van der Waals surface area (Å²) in [6, 6.07) is 0.0811. The first-order chi connectivity index (χ1) is 10.1. The van der Waals surface area contributed by atoms with Crippen LogP contribution < -0.4 is 5.32 Å². The maximum Gasteiger partial charge on any atom is 0.317 e. The van der Waals surface area contributed by atoms with Gasteiger partial charge < -0.3 is 10.2 Å². The van der Waals surface area contributed by atoms with Crippen LogP contribution in [-0.4, -0.2) is 51.3 Å². The molecule has 2 amide bonds. The van der Waals surface area contributed by atoms with Crippen molar-refractivity contribution < 1.29 is 4.79 Å². The minimum atomic E-state index is 0.0811. The monoisotopic (exact) mass is 310 g/mol. The molecule has 0 saturated carbocycles. The number of nitrogens with zero attached hydrogens (tertiary/aromatic N) is 3. The number of amides is 2. The SMILES string of the molecule is Cc1cnn(CCCNC(=O)N2CCS[C@@H](C(C)C)C2)c1. The van der Waals surface area contributed by atoms with E-state index in [1.807, 2.05) is 40.7 Å². The van der Waals surface area contributed by atoms with Crippen molar-refractivity contribution in [2.45, 2.75) is 39.0 Å². The standard InChI is InChI=1S/C15H26N4OS/c1-12(2)14-11-18(7-8-21-14)15(20)16-5-4-6-19-10-13(3)9-17-19/h9-10,12,14H,4-8,11H2,1-3H3,(H,16,20)/t14-/m1/s1. The topological polar surface area (TPSA) is 50.2 Å². The van der Waals surface area contributed by atoms with E-state index in [-0.39, 0.29) is 6.03 Å². The number of nitrogens with one attached hydrogen (secondary N) is 1. The van der Waals surface area contributed by atoms with Gasteiger partial charge in [0.2, 0.25) is 0 Å². The molecule has 6 heteroatoms. The molecule has 0 bridgehead atoms. The highest BCUT2D eigenvalue weighted by atomic mass is 32.2. The largest absolute Gasteiger partial charge is 0.338 e. The van der Waals surface area contributed by atoms with Crippen LogP contribution in [0.25, 0.3) is 0 Å². The summed E-state index contributed by atoms with van der Waals surface area (Å²) < 4.78 is 1.92. The highest BCUT2D eigenvalue weighted by Gasteiger charge is 2.25. The lowest BCUT2D eigenvalue weighted by Crippen LogP contribution is -2.48. The van der Waals surface area contributed by atoms with E-state index < -0.39 is 0 Å². The number of thioether (sulfide) groups is 1. The van der Waals surface area contributed by atoms with E-state index in [1.165, 1.54) is 5.56 Å². The summed E-state index contributed by atoms with van der Waals surface area (Å²) in [4.78, 5) is 14.1. The number of urea groups is 1. The lowest BCUT2D eigenvalue weighted by Gasteiger charge is -2.34. The summed E-state index contributed by atoms with van der Waals surface area (Å²) in [7, 11) is 0. The Bertz CT molecular complexity index is 460. The number of aromatic nitrogens is 2. The van der Waals surface area contributed by atoms with Crippen LogP contribution in [0.2, 0.25) is 0 Å². The van der Waals surface area contributed by atoms with Crippen LogP contribution >= 0.6 is 11.8 Å². The van der Waals surface area contributed by atoms with Crippen molar-refractivity contribution in [1.29, 1.82) is 0 Å². The van der Waals surface area contributed by atoms with Crippen LogP contribution in [0.15, 0.2) is 12.4 Å². The Hall–Kier alpha value is -1.17. The van der Waals surface area contributed by atoms with Crippen LogP contribution in [0.4, 0.5) is 4.79 Å². The van der Waals surface area contributed by atoms with E-state index in [9.17, 15) is 4.79 Å². The fourth-order valence-electron chi connectivity index (χ4n) is 2.40. The van der Waals surface area contributed by atoms with Crippen LogP contribution in [0.5, 0.6) is 0 Å². The number of aryl methyl sites for hydroxylation is 2. The van der Waals surface area contributed by atoms with Gasteiger partial charge in [-0.1, -0.05) is 13.8 Å². The molecule has 1 aliphatic heterocycles. The van der Waals surface area contributed by atoms with E-state index in [2.05, 4.69) is 24.3 Å². The number of hydrogen-bond acceptors (Lipinski definition) is 3. The fraction of sp³-hybridized carbons (Fsp3) is 0.733. The normalized spacial score (nSPS) is 19.0. The first-order valence-corrected chi connectivity index (χ1v) is 8.74. The molecule has 2 rings (SSSR count). The highest BCUT2D eigenvalue weighted by molar-refractivity contribution is 8.00. The number of carbonyl (C=O) groups excluding carboxylic acids is 1. The van der Waals surface area contributed by atoms with E-state index in [0.717, 1.165) is 31.8 Å². The van der Waals surface area contributed by atoms with Crippen molar-refractivity contribution in [3.8, 4) is 0 Å². The van der Waals surface area contributed by atoms with Crippen molar-refractivity contribution in [2.24, 2.45) is 5.92 Å². The molecular formula is C15H26N4OS. The Morgan fingerprint density at radius 2 is 2.38 bits per heavy atom. The third-order valence-corrected chi connectivity index (χ3v) is 5.27. The van der Waals surface area contributed by atoms with Crippen molar-refractivity contribution in [3.63, 3.8) is 0 Å². The first kappa shape index (κ1) is 16.2. The molecule has 1 fully saturated rings. The molecule has 0 spiro atoms. The summed E-state index contributed by atoms with van der Waals surface area (Å²) in [5.74, 6) is 1.66. The number of hydrogen-bond donors (Lipinski definition) is 1. The van der Waals surface area contributed by atoms with E-state index in [1.54, 1.807) is 0 Å². The molecule has 5 nitrogen and oxygen atoms in total. The van der Waals surface area contributed by atoms with Crippen LogP contribution in [0.1, 0.15) is 25.8 Å². The zero-order valence-electron chi connectivity index (χ0n) is 13.2. The second-order valence-corrected chi connectivity index (χ2v) is 7.31. The molecule has 1 aromatic heterocycles. The fourth-order valence-corrected chi connectivity index (χ4v) is 3.70. The molecule has 1 aromatic rings. The summed E-state index contributed by atoms with van der Waals surface area (Å²) in [5, 5.41) is 7.83. The minimum Gasteiger partial charge on any atom is -0.338 e. The molecule has 118 valence electrons. The molecule has 1 N–H and O–H groups in total. The van der Waals surface area contributed by atoms with Gasteiger partial charge in [-0.3, -0.25) is 4.68 Å². The molecule has 0 aliphatic carbocycles. The molecule has 1 aliphatic rings. The maximum atomic E-state index is 12.2. The van der Waals surface area contributed by atoms with E-state index >= 15 is 0 Å². The van der Waals surface area contributed by atoms with Gasteiger partial charge in [0, 0.05) is 43.4 Å². The van der Waals surface area contributed by atoms with Crippen LogP contribution in [0, 0.1) is 12.8 Å². The van der Waals surface area contributed by atoms with Crippen molar-refractivity contribution in [1.82, 2.24) is 20.0 Å². The number of carbonyl (C=O) groups is 1. The Morgan fingerprint density at radius 1 is 1.57 bits per heavy atom. The molecule has 21 heavy (non-hydrogen) atoms. The number of rotatable bonds is 5. The van der Waals surface area contributed by atoms with Gasteiger partial charge in [0.15, 0.2) is 0 Å². The summed E-state index contributed by atoms with van der Waals surface area (Å²) in [6.45, 7) is 9.76. The van der Waals surface area contributed by atoms with E-state index in [0.29, 0.717) is 17.7 Å². The summed E-state index contributed by atoms with van der Waals surface area (Å²) in [5.41, 5.74) is 1.17. The van der Waals surface area contributed by atoms with Gasteiger partial charge in [0.1, 0.15) is 0 Å². The summed E-state index contributed by atoms with van der Waals surface area (Å²) in [6.07, 6.45) is 4.79. The van der Waals surface area contributed by atoms with Crippen LogP contribution in [-0.2, 0) is 6.54 Å². The van der Waals surface area contributed by atoms with Gasteiger partial charge in [0.05, 0.1) is 6.20 Å². The lowest BCUT2D eigenvalue weighted by molar-refractivity contribution is 0.197. The maximum absolute atomic E-state index is 12.2. The molecule has 1 saturated heterocycles. The molecule has 2 heterocycles. The van der Waals surface area contributed by atoms with E-state index in [4.69, 9.17) is 0 Å². The second kappa shape index (κ2) is 7.73. The van der Waals surface area contributed by atoms with Gasteiger partial charge in [-0.25, -0.2) is 4.79 Å². The highest BCUT2D eigenvalue weighted by Crippen LogP contribution is 2.24. The average Bonchev–Trinajstić information content (AvgIpc) is 2.89. The summed E-state index contributed by atoms with van der Waals surface area (Å²) >= 11 is 1.99. The van der Waals surface area contributed by atoms with Gasteiger partial charge in [-0.15, -0.1) is 0 Å². The van der Waals surface area contributed by atoms with Gasteiger partial charge in [-0.2, -0.15) is 16.9 Å². The minimum absolute atomic E-state index is 0.0811. The zero-order chi connectivity index (χ0) is 15.2. The average molecular weight is 310 g/mol. The van der Waals surface area contributed by atoms with Gasteiger partial charge >= 0.3 is 6.03 Å². The third kappa shape index (κ3) is 4.95. The zero-order valence-corrected chi connectivity index (χ0v) is 14.0. The quantitative estimate of drug-likeness (QED) is 0.850. The smallest absolute Gasteiger partial charge is 0.317 e. The molecule has 0 radical (unpaired) electrons. The predicted molar refractivity (Wildman–Crippen MR) is 87.6 cm³/mol.